The second-order valence-corrected chi connectivity index (χ2v) is 6.56. The van der Waals surface area contributed by atoms with Gasteiger partial charge in [-0.3, -0.25) is 9.18 Å². The molecular weight excluding hydrogens is 293 g/mol. The van der Waals surface area contributed by atoms with Gasteiger partial charge in [-0.2, -0.15) is 5.10 Å². The topological polar surface area (TPSA) is 38.1 Å². The van der Waals surface area contributed by atoms with Crippen molar-refractivity contribution < 1.29 is 9.18 Å². The number of nitrogens with zero attached hydrogens (tertiary/aromatic N) is 3. The molecule has 0 radical (unpaired) electrons. The lowest BCUT2D eigenvalue weighted by Crippen LogP contribution is -2.51. The Labute approximate surface area is 134 Å². The third kappa shape index (κ3) is 2.26. The SMILES string of the molecule is Cc1ccccc1-n1nc(C(=O)N2CC(CF)C2)c2c1CCC2. The Morgan fingerprint density at radius 3 is 2.83 bits per heavy atom. The molecule has 0 spiro atoms. The van der Waals surface area contributed by atoms with E-state index in [0.717, 1.165) is 41.8 Å². The number of rotatable bonds is 3. The van der Waals surface area contributed by atoms with Crippen LogP contribution in [0.25, 0.3) is 5.69 Å². The summed E-state index contributed by atoms with van der Waals surface area (Å²) in [4.78, 5) is 14.4. The summed E-state index contributed by atoms with van der Waals surface area (Å²) >= 11 is 0. The molecule has 1 aromatic carbocycles. The molecule has 120 valence electrons. The van der Waals surface area contributed by atoms with Crippen LogP contribution in [0.2, 0.25) is 0 Å². The van der Waals surface area contributed by atoms with Gasteiger partial charge in [0.15, 0.2) is 5.69 Å². The van der Waals surface area contributed by atoms with Gasteiger partial charge in [0.1, 0.15) is 0 Å². The van der Waals surface area contributed by atoms with Gasteiger partial charge in [-0.1, -0.05) is 18.2 Å². The van der Waals surface area contributed by atoms with Gasteiger partial charge in [-0.15, -0.1) is 0 Å². The Morgan fingerprint density at radius 1 is 1.30 bits per heavy atom. The molecule has 0 bridgehead atoms. The van der Waals surface area contributed by atoms with Crippen LogP contribution in [0, 0.1) is 12.8 Å². The number of fused-ring (bicyclic) bond motifs is 1. The van der Waals surface area contributed by atoms with Crippen molar-refractivity contribution in [2.45, 2.75) is 26.2 Å². The van der Waals surface area contributed by atoms with Gasteiger partial charge in [-0.05, 0) is 37.8 Å². The summed E-state index contributed by atoms with van der Waals surface area (Å²) in [6, 6.07) is 8.10. The molecule has 1 aliphatic heterocycles. The standard InChI is InChI=1S/C18H20FN3O/c1-12-5-2-3-7-15(12)22-16-8-4-6-14(16)17(20-22)18(23)21-10-13(9-19)11-21/h2-3,5,7,13H,4,6,8-11H2,1H3. The van der Waals surface area contributed by atoms with Gasteiger partial charge in [0.2, 0.25) is 0 Å². The summed E-state index contributed by atoms with van der Waals surface area (Å²) in [7, 11) is 0. The number of hydrogen-bond donors (Lipinski definition) is 0. The van der Waals surface area contributed by atoms with E-state index in [2.05, 4.69) is 18.1 Å². The lowest BCUT2D eigenvalue weighted by Gasteiger charge is -2.37. The predicted octanol–water partition coefficient (Wildman–Crippen LogP) is 2.71. The molecule has 1 fully saturated rings. The number of carbonyl (C=O) groups is 1. The van der Waals surface area contributed by atoms with Crippen LogP contribution >= 0.6 is 0 Å². The van der Waals surface area contributed by atoms with Crippen LogP contribution < -0.4 is 0 Å². The van der Waals surface area contributed by atoms with Crippen LogP contribution in [-0.4, -0.2) is 40.4 Å². The number of benzene rings is 1. The van der Waals surface area contributed by atoms with Crippen LogP contribution in [-0.2, 0) is 12.8 Å². The molecule has 2 aromatic rings. The molecule has 2 heterocycles. The summed E-state index contributed by atoms with van der Waals surface area (Å²) in [6.07, 6.45) is 2.92. The molecule has 0 saturated carbocycles. The number of carbonyl (C=O) groups excluding carboxylic acids is 1. The average molecular weight is 313 g/mol. The Kier molecular flexibility index (Phi) is 3.43. The van der Waals surface area contributed by atoms with Crippen LogP contribution in [0.1, 0.15) is 33.7 Å². The molecule has 23 heavy (non-hydrogen) atoms. The Bertz CT molecular complexity index is 762. The van der Waals surface area contributed by atoms with Crippen molar-refractivity contribution in [1.29, 1.82) is 0 Å². The maximum Gasteiger partial charge on any atom is 0.274 e. The maximum absolute atomic E-state index is 12.7. The van der Waals surface area contributed by atoms with E-state index in [1.165, 1.54) is 0 Å². The molecule has 1 aromatic heterocycles. The van der Waals surface area contributed by atoms with Gasteiger partial charge >= 0.3 is 0 Å². The third-order valence-corrected chi connectivity index (χ3v) is 4.94. The molecule has 1 saturated heterocycles. The number of likely N-dealkylation sites (tertiary alicyclic amines) is 1. The number of halogens is 1. The van der Waals surface area contributed by atoms with E-state index in [1.54, 1.807) is 4.90 Å². The molecule has 4 nitrogen and oxygen atoms in total. The van der Waals surface area contributed by atoms with E-state index in [0.29, 0.717) is 18.8 Å². The molecule has 5 heteroatoms. The van der Waals surface area contributed by atoms with Crippen LogP contribution in [0.3, 0.4) is 0 Å². The highest BCUT2D eigenvalue weighted by molar-refractivity contribution is 5.94. The van der Waals surface area contributed by atoms with E-state index in [-0.39, 0.29) is 18.5 Å². The van der Waals surface area contributed by atoms with Gasteiger partial charge in [0, 0.05) is 30.3 Å². The molecule has 0 atom stereocenters. The van der Waals surface area contributed by atoms with E-state index in [4.69, 9.17) is 0 Å². The quantitative estimate of drug-likeness (QED) is 0.874. The first-order chi connectivity index (χ1) is 11.2. The minimum atomic E-state index is -0.348. The zero-order chi connectivity index (χ0) is 16.0. The van der Waals surface area contributed by atoms with Crippen LogP contribution in [0.5, 0.6) is 0 Å². The number of hydrogen-bond acceptors (Lipinski definition) is 2. The molecule has 1 aliphatic carbocycles. The second kappa shape index (κ2) is 5.48. The van der Waals surface area contributed by atoms with Crippen molar-refractivity contribution in [3.05, 3.63) is 46.8 Å². The first-order valence-electron chi connectivity index (χ1n) is 8.21. The largest absolute Gasteiger partial charge is 0.336 e. The molecule has 0 N–H and O–H groups in total. The third-order valence-electron chi connectivity index (χ3n) is 4.94. The van der Waals surface area contributed by atoms with E-state index in [1.807, 2.05) is 22.9 Å². The Morgan fingerprint density at radius 2 is 2.09 bits per heavy atom. The zero-order valence-corrected chi connectivity index (χ0v) is 13.3. The molecular formula is C18H20FN3O. The van der Waals surface area contributed by atoms with E-state index >= 15 is 0 Å². The van der Waals surface area contributed by atoms with Crippen molar-refractivity contribution in [1.82, 2.24) is 14.7 Å². The minimum Gasteiger partial charge on any atom is -0.336 e. The fourth-order valence-corrected chi connectivity index (χ4v) is 3.59. The highest BCUT2D eigenvalue weighted by Crippen LogP contribution is 2.30. The summed E-state index contributed by atoms with van der Waals surface area (Å²) in [5, 5.41) is 4.65. The highest BCUT2D eigenvalue weighted by Gasteiger charge is 2.35. The summed E-state index contributed by atoms with van der Waals surface area (Å²) in [5.41, 5.74) is 4.99. The van der Waals surface area contributed by atoms with Crippen molar-refractivity contribution in [2.75, 3.05) is 19.8 Å². The van der Waals surface area contributed by atoms with E-state index < -0.39 is 0 Å². The fourth-order valence-electron chi connectivity index (χ4n) is 3.59. The minimum absolute atomic E-state index is 0.00505. The van der Waals surface area contributed by atoms with E-state index in [9.17, 15) is 9.18 Å². The number of aromatic nitrogens is 2. The summed E-state index contributed by atoms with van der Waals surface area (Å²) in [5.74, 6) is -0.0364. The molecule has 1 amide bonds. The monoisotopic (exact) mass is 313 g/mol. The van der Waals surface area contributed by atoms with Crippen LogP contribution in [0.15, 0.2) is 24.3 Å². The average Bonchev–Trinajstić information content (AvgIpc) is 3.09. The Hall–Kier alpha value is -2.17. The van der Waals surface area contributed by atoms with Crippen molar-refractivity contribution >= 4 is 5.91 Å². The molecule has 4 rings (SSSR count). The van der Waals surface area contributed by atoms with Crippen molar-refractivity contribution in [3.8, 4) is 5.69 Å². The van der Waals surface area contributed by atoms with Gasteiger partial charge in [0.25, 0.3) is 5.91 Å². The van der Waals surface area contributed by atoms with Crippen molar-refractivity contribution in [2.24, 2.45) is 5.92 Å². The molecule has 0 unspecified atom stereocenters. The van der Waals surface area contributed by atoms with Gasteiger partial charge in [0.05, 0.1) is 12.4 Å². The van der Waals surface area contributed by atoms with Crippen LogP contribution in [0.4, 0.5) is 4.39 Å². The lowest BCUT2D eigenvalue weighted by atomic mass is 10.0. The maximum atomic E-state index is 12.7. The highest BCUT2D eigenvalue weighted by atomic mass is 19.1. The normalized spacial score (nSPS) is 17.2. The Balaban J connectivity index is 1.71. The number of para-hydroxylation sites is 1. The number of aryl methyl sites for hydroxylation is 1. The van der Waals surface area contributed by atoms with Crippen molar-refractivity contribution in [3.63, 3.8) is 0 Å². The van der Waals surface area contributed by atoms with Gasteiger partial charge in [-0.25, -0.2) is 4.68 Å². The predicted molar refractivity (Wildman–Crippen MR) is 85.7 cm³/mol. The smallest absolute Gasteiger partial charge is 0.274 e. The first kappa shape index (κ1) is 14.4. The lowest BCUT2D eigenvalue weighted by molar-refractivity contribution is 0.0445. The molecule has 2 aliphatic rings. The number of alkyl halides is 1. The summed E-state index contributed by atoms with van der Waals surface area (Å²) < 4.78 is 14.6. The number of amides is 1. The van der Waals surface area contributed by atoms with Gasteiger partial charge < -0.3 is 4.90 Å². The second-order valence-electron chi connectivity index (χ2n) is 6.56. The fraction of sp³-hybridized carbons (Fsp3) is 0.444. The first-order valence-corrected chi connectivity index (χ1v) is 8.21. The zero-order valence-electron chi connectivity index (χ0n) is 13.3. The summed E-state index contributed by atoms with van der Waals surface area (Å²) in [6.45, 7) is 2.74.